The van der Waals surface area contributed by atoms with Gasteiger partial charge in [0.15, 0.2) is 5.82 Å². The lowest BCUT2D eigenvalue weighted by Crippen LogP contribution is -2.36. The normalized spacial score (nSPS) is 13.3. The summed E-state index contributed by atoms with van der Waals surface area (Å²) < 4.78 is 0. The van der Waals surface area contributed by atoms with Crippen molar-refractivity contribution in [1.82, 2.24) is 9.97 Å². The van der Waals surface area contributed by atoms with Crippen LogP contribution in [0.4, 0.5) is 17.1 Å². The topological polar surface area (TPSA) is 29.0 Å². The number of hydrogen-bond acceptors (Lipinski definition) is 3. The Kier molecular flexibility index (Phi) is 6.77. The smallest absolute Gasteiger partial charge is 0.160 e. The van der Waals surface area contributed by atoms with Crippen molar-refractivity contribution in [3.8, 4) is 44.9 Å². The van der Waals surface area contributed by atoms with Gasteiger partial charge in [-0.2, -0.15) is 0 Å². The fraction of sp³-hybridized carbons (Fsp3) is 0.0196. The molecule has 9 aromatic rings. The van der Waals surface area contributed by atoms with E-state index in [1.54, 1.807) is 0 Å². The fourth-order valence-corrected chi connectivity index (χ4v) is 8.98. The molecular formula is C51H33N3. The Labute approximate surface area is 314 Å². The van der Waals surface area contributed by atoms with Gasteiger partial charge in [0.25, 0.3) is 0 Å². The first-order valence-electron chi connectivity index (χ1n) is 18.5. The maximum absolute atomic E-state index is 5.13. The maximum atomic E-state index is 5.13. The fourth-order valence-electron chi connectivity index (χ4n) is 8.98. The second kappa shape index (κ2) is 12.0. The number of fused-ring (bicyclic) bond motifs is 10. The summed E-state index contributed by atoms with van der Waals surface area (Å²) in [6, 6.07) is 72.1. The molecule has 0 saturated carbocycles. The van der Waals surface area contributed by atoms with Gasteiger partial charge >= 0.3 is 0 Å². The SMILES string of the molecule is c1ccc(-c2nc(-c3ccc(-c4ccc5c(c4)N(c4ccccc4)c4ccccc4C54c5ccccc5-c5ccccc54)cc3)nc3ccccc23)cc1. The number of benzene rings is 8. The first-order chi connectivity index (χ1) is 26.8. The minimum atomic E-state index is -0.462. The van der Waals surface area contributed by atoms with Gasteiger partial charge in [0.2, 0.25) is 0 Å². The number of rotatable bonds is 4. The Hall–Kier alpha value is -7.10. The van der Waals surface area contributed by atoms with Crippen molar-refractivity contribution in [3.63, 3.8) is 0 Å². The molecule has 2 aliphatic rings. The van der Waals surface area contributed by atoms with Crippen LogP contribution in [0.1, 0.15) is 22.3 Å². The summed E-state index contributed by atoms with van der Waals surface area (Å²) in [7, 11) is 0. The van der Waals surface area contributed by atoms with Gasteiger partial charge in [-0.1, -0.05) is 170 Å². The van der Waals surface area contributed by atoms with Crippen molar-refractivity contribution >= 4 is 28.0 Å². The van der Waals surface area contributed by atoms with Crippen LogP contribution in [0.3, 0.4) is 0 Å². The summed E-state index contributed by atoms with van der Waals surface area (Å²) in [5.41, 5.74) is 17.1. The van der Waals surface area contributed by atoms with Crippen molar-refractivity contribution < 1.29 is 0 Å². The van der Waals surface area contributed by atoms with E-state index in [1.807, 2.05) is 12.1 Å². The molecule has 0 saturated heterocycles. The summed E-state index contributed by atoms with van der Waals surface area (Å²) in [5.74, 6) is 0.719. The van der Waals surface area contributed by atoms with Crippen LogP contribution in [0.25, 0.3) is 55.8 Å². The van der Waals surface area contributed by atoms with Crippen molar-refractivity contribution in [2.24, 2.45) is 0 Å². The summed E-state index contributed by atoms with van der Waals surface area (Å²) in [6.07, 6.45) is 0. The zero-order valence-corrected chi connectivity index (χ0v) is 29.4. The number of anilines is 3. The minimum Gasteiger partial charge on any atom is -0.310 e. The molecule has 3 nitrogen and oxygen atoms in total. The van der Waals surface area contributed by atoms with E-state index in [0.717, 1.165) is 50.4 Å². The van der Waals surface area contributed by atoms with Crippen LogP contribution in [0.5, 0.6) is 0 Å². The Balaban J connectivity index is 1.09. The van der Waals surface area contributed by atoms with Crippen LogP contribution >= 0.6 is 0 Å². The Morgan fingerprint density at radius 2 is 0.926 bits per heavy atom. The molecule has 0 amide bonds. The molecule has 0 unspecified atom stereocenters. The highest BCUT2D eigenvalue weighted by Gasteiger charge is 2.51. The van der Waals surface area contributed by atoms with Crippen LogP contribution in [-0.4, -0.2) is 9.97 Å². The molecule has 0 atom stereocenters. The van der Waals surface area contributed by atoms with Gasteiger partial charge in [0.05, 0.1) is 28.0 Å². The van der Waals surface area contributed by atoms with E-state index in [2.05, 4.69) is 193 Å². The molecule has 1 spiro atoms. The summed E-state index contributed by atoms with van der Waals surface area (Å²) in [5, 5.41) is 1.05. The van der Waals surface area contributed by atoms with Crippen LogP contribution < -0.4 is 4.90 Å². The van der Waals surface area contributed by atoms with E-state index in [-0.39, 0.29) is 0 Å². The van der Waals surface area contributed by atoms with Crippen LogP contribution in [0.2, 0.25) is 0 Å². The number of para-hydroxylation sites is 3. The zero-order valence-electron chi connectivity index (χ0n) is 29.4. The Morgan fingerprint density at radius 3 is 1.67 bits per heavy atom. The lowest BCUT2D eigenvalue weighted by atomic mass is 9.64. The number of aromatic nitrogens is 2. The number of hydrogen-bond donors (Lipinski definition) is 0. The lowest BCUT2D eigenvalue weighted by molar-refractivity contribution is 0.753. The second-order valence-corrected chi connectivity index (χ2v) is 14.1. The highest BCUT2D eigenvalue weighted by Crippen LogP contribution is 2.63. The maximum Gasteiger partial charge on any atom is 0.160 e. The van der Waals surface area contributed by atoms with Gasteiger partial charge < -0.3 is 4.90 Å². The van der Waals surface area contributed by atoms with E-state index >= 15 is 0 Å². The average Bonchev–Trinajstić information content (AvgIpc) is 3.54. The van der Waals surface area contributed by atoms with Gasteiger partial charge in [-0.05, 0) is 74.8 Å². The monoisotopic (exact) mass is 687 g/mol. The third-order valence-corrected chi connectivity index (χ3v) is 11.3. The molecule has 252 valence electrons. The molecule has 0 N–H and O–H groups in total. The Bertz CT molecular complexity index is 2830. The summed E-state index contributed by atoms with van der Waals surface area (Å²) >= 11 is 0. The first-order valence-corrected chi connectivity index (χ1v) is 18.5. The van der Waals surface area contributed by atoms with Gasteiger partial charge in [0.1, 0.15) is 0 Å². The standard InChI is InChI=1S/C51H33N3/c1-3-15-35(16-4-1)49-41-21-9-13-25-46(41)52-50(53-49)36-29-27-34(28-30-36)37-31-32-45-48(33-37)54(38-17-5-2-6-18-38)47-26-14-12-24-44(47)51(45)42-22-10-7-19-39(42)40-20-8-11-23-43(40)51/h1-33H. The molecule has 8 aromatic carbocycles. The van der Waals surface area contributed by atoms with Crippen LogP contribution in [0.15, 0.2) is 200 Å². The van der Waals surface area contributed by atoms with Gasteiger partial charge in [-0.3, -0.25) is 0 Å². The molecule has 2 heterocycles. The van der Waals surface area contributed by atoms with E-state index in [9.17, 15) is 0 Å². The average molecular weight is 688 g/mol. The molecular weight excluding hydrogens is 655 g/mol. The molecule has 0 bridgehead atoms. The van der Waals surface area contributed by atoms with Crippen molar-refractivity contribution in [2.45, 2.75) is 5.41 Å². The molecule has 3 heteroatoms. The predicted octanol–water partition coefficient (Wildman–Crippen LogP) is 12.8. The second-order valence-electron chi connectivity index (χ2n) is 14.1. The van der Waals surface area contributed by atoms with E-state index in [1.165, 1.54) is 44.8 Å². The quantitative estimate of drug-likeness (QED) is 0.184. The number of nitrogens with zero attached hydrogens (tertiary/aromatic N) is 3. The highest BCUT2D eigenvalue weighted by molar-refractivity contribution is 5.97. The van der Waals surface area contributed by atoms with E-state index < -0.39 is 5.41 Å². The first kappa shape index (κ1) is 30.5. The summed E-state index contributed by atoms with van der Waals surface area (Å²) in [4.78, 5) is 12.6. The molecule has 11 rings (SSSR count). The van der Waals surface area contributed by atoms with Gasteiger partial charge in [-0.25, -0.2) is 9.97 Å². The molecule has 1 aliphatic heterocycles. The van der Waals surface area contributed by atoms with E-state index in [0.29, 0.717) is 0 Å². The van der Waals surface area contributed by atoms with Crippen molar-refractivity contribution in [2.75, 3.05) is 4.90 Å². The summed E-state index contributed by atoms with van der Waals surface area (Å²) in [6.45, 7) is 0. The molecule has 0 radical (unpaired) electrons. The van der Waals surface area contributed by atoms with Gasteiger partial charge in [0, 0.05) is 22.2 Å². The third-order valence-electron chi connectivity index (χ3n) is 11.3. The third kappa shape index (κ3) is 4.42. The lowest BCUT2D eigenvalue weighted by Gasteiger charge is -2.45. The minimum absolute atomic E-state index is 0.462. The molecule has 1 aliphatic carbocycles. The molecule has 1 aromatic heterocycles. The van der Waals surface area contributed by atoms with Crippen LogP contribution in [-0.2, 0) is 5.41 Å². The predicted molar refractivity (Wildman–Crippen MR) is 221 cm³/mol. The highest BCUT2D eigenvalue weighted by atomic mass is 15.2. The van der Waals surface area contributed by atoms with Crippen molar-refractivity contribution in [3.05, 3.63) is 222 Å². The molecule has 54 heavy (non-hydrogen) atoms. The van der Waals surface area contributed by atoms with Crippen LogP contribution in [0, 0.1) is 0 Å². The van der Waals surface area contributed by atoms with E-state index in [4.69, 9.17) is 9.97 Å². The van der Waals surface area contributed by atoms with Gasteiger partial charge in [-0.15, -0.1) is 0 Å². The molecule has 0 fully saturated rings. The largest absolute Gasteiger partial charge is 0.310 e. The van der Waals surface area contributed by atoms with Crippen molar-refractivity contribution in [1.29, 1.82) is 0 Å². The Morgan fingerprint density at radius 1 is 0.370 bits per heavy atom. The zero-order chi connectivity index (χ0) is 35.6.